The molecule has 0 radical (unpaired) electrons. The van der Waals surface area contributed by atoms with Gasteiger partial charge in [-0.3, -0.25) is 5.10 Å². The summed E-state index contributed by atoms with van der Waals surface area (Å²) in [6.45, 7) is 2.28. The summed E-state index contributed by atoms with van der Waals surface area (Å²) >= 11 is 1.74. The van der Waals surface area contributed by atoms with Gasteiger partial charge in [-0.25, -0.2) is 0 Å². The minimum Gasteiger partial charge on any atom is -0.382 e. The summed E-state index contributed by atoms with van der Waals surface area (Å²) in [7, 11) is 0. The smallest absolute Gasteiger partial charge is 0.154 e. The maximum atomic E-state index is 6.08. The van der Waals surface area contributed by atoms with E-state index in [9.17, 15) is 0 Å². The molecule has 4 heteroatoms. The van der Waals surface area contributed by atoms with E-state index in [1.54, 1.807) is 11.3 Å². The Hall–Kier alpha value is -1.29. The van der Waals surface area contributed by atoms with Gasteiger partial charge >= 0.3 is 0 Å². The van der Waals surface area contributed by atoms with Crippen LogP contribution in [0.15, 0.2) is 17.5 Å². The van der Waals surface area contributed by atoms with Crippen molar-refractivity contribution in [1.29, 1.82) is 0 Å². The van der Waals surface area contributed by atoms with Gasteiger partial charge in [-0.05, 0) is 30.7 Å². The van der Waals surface area contributed by atoms with Crippen LogP contribution in [0.3, 0.4) is 0 Å². The van der Waals surface area contributed by atoms with Crippen molar-refractivity contribution in [3.63, 3.8) is 0 Å². The summed E-state index contributed by atoms with van der Waals surface area (Å²) in [5, 5.41) is 9.59. The third-order valence-corrected chi connectivity index (χ3v) is 5.22. The van der Waals surface area contributed by atoms with Crippen LogP contribution >= 0.6 is 11.3 Å². The van der Waals surface area contributed by atoms with E-state index in [0.717, 1.165) is 12.0 Å². The Bertz CT molecular complexity index is 521. The zero-order valence-corrected chi connectivity index (χ0v) is 11.5. The maximum Gasteiger partial charge on any atom is 0.154 e. The lowest BCUT2D eigenvalue weighted by molar-refractivity contribution is 0.413. The minimum atomic E-state index is 0.268. The van der Waals surface area contributed by atoms with Crippen LogP contribution in [0.25, 0.3) is 10.4 Å². The Morgan fingerprint density at radius 1 is 1.44 bits per heavy atom. The number of thiophene rings is 1. The molecule has 1 aliphatic carbocycles. The van der Waals surface area contributed by atoms with E-state index in [4.69, 9.17) is 5.73 Å². The highest BCUT2D eigenvalue weighted by atomic mass is 32.1. The molecule has 1 aliphatic rings. The summed E-state index contributed by atoms with van der Waals surface area (Å²) in [4.78, 5) is 1.23. The first-order valence-electron chi connectivity index (χ1n) is 6.65. The van der Waals surface area contributed by atoms with Crippen molar-refractivity contribution < 1.29 is 0 Å². The molecule has 3 rings (SSSR count). The standard InChI is InChI=1S/C14H19N3S/c1-2-14(7-3-4-8-14)12-11(13(15)17-16-12)10-6-5-9-18-10/h5-6,9H,2-4,7-8H2,1H3,(H3,15,16,17). The topological polar surface area (TPSA) is 54.7 Å². The quantitative estimate of drug-likeness (QED) is 0.879. The summed E-state index contributed by atoms with van der Waals surface area (Å²) in [5.41, 5.74) is 8.76. The molecule has 2 aromatic rings. The maximum absolute atomic E-state index is 6.08. The van der Waals surface area contributed by atoms with Crippen molar-refractivity contribution >= 4 is 17.2 Å². The molecule has 2 aromatic heterocycles. The molecular formula is C14H19N3S. The molecule has 3 nitrogen and oxygen atoms in total. The fourth-order valence-electron chi connectivity index (χ4n) is 3.24. The molecule has 2 heterocycles. The highest BCUT2D eigenvalue weighted by molar-refractivity contribution is 7.13. The average molecular weight is 261 g/mol. The van der Waals surface area contributed by atoms with Gasteiger partial charge in [-0.2, -0.15) is 5.10 Å². The molecule has 96 valence electrons. The molecule has 0 amide bonds. The molecule has 3 N–H and O–H groups in total. The highest BCUT2D eigenvalue weighted by Gasteiger charge is 2.38. The van der Waals surface area contributed by atoms with Crippen LogP contribution in [0.4, 0.5) is 5.82 Å². The van der Waals surface area contributed by atoms with Crippen molar-refractivity contribution in [1.82, 2.24) is 10.2 Å². The third kappa shape index (κ3) is 1.67. The molecule has 0 aliphatic heterocycles. The molecule has 0 spiro atoms. The summed E-state index contributed by atoms with van der Waals surface area (Å²) < 4.78 is 0. The van der Waals surface area contributed by atoms with Crippen molar-refractivity contribution in [2.45, 2.75) is 44.4 Å². The summed E-state index contributed by atoms with van der Waals surface area (Å²) in [6.07, 6.45) is 6.30. The van der Waals surface area contributed by atoms with E-state index in [-0.39, 0.29) is 5.41 Å². The highest BCUT2D eigenvalue weighted by Crippen LogP contribution is 2.48. The fourth-order valence-corrected chi connectivity index (χ4v) is 4.03. The number of aromatic nitrogens is 2. The van der Waals surface area contributed by atoms with E-state index < -0.39 is 0 Å². The van der Waals surface area contributed by atoms with E-state index in [0.29, 0.717) is 5.82 Å². The number of nitrogens with one attached hydrogen (secondary N) is 1. The van der Waals surface area contributed by atoms with Gasteiger partial charge in [0.05, 0.1) is 11.3 Å². The number of anilines is 1. The molecule has 0 unspecified atom stereocenters. The van der Waals surface area contributed by atoms with Gasteiger partial charge in [0, 0.05) is 10.3 Å². The van der Waals surface area contributed by atoms with Crippen molar-refractivity contribution in [3.8, 4) is 10.4 Å². The SMILES string of the molecule is CCC1(c2[nH]nc(N)c2-c2cccs2)CCCC1. The van der Waals surface area contributed by atoms with E-state index in [1.807, 2.05) is 0 Å². The normalized spacial score (nSPS) is 18.3. The molecule has 0 aromatic carbocycles. The monoisotopic (exact) mass is 261 g/mol. The van der Waals surface area contributed by atoms with Gasteiger partial charge in [-0.1, -0.05) is 25.8 Å². The van der Waals surface area contributed by atoms with Gasteiger partial charge in [0.2, 0.25) is 0 Å². The first-order chi connectivity index (χ1) is 8.77. The molecular weight excluding hydrogens is 242 g/mol. The molecule has 18 heavy (non-hydrogen) atoms. The number of hydrogen-bond acceptors (Lipinski definition) is 3. The minimum absolute atomic E-state index is 0.268. The average Bonchev–Trinajstić information content (AvgIpc) is 3.08. The summed E-state index contributed by atoms with van der Waals surface area (Å²) in [6, 6.07) is 4.21. The Balaban J connectivity index is 2.13. The zero-order chi connectivity index (χ0) is 12.6. The second-order valence-corrected chi connectivity index (χ2v) is 6.12. The van der Waals surface area contributed by atoms with E-state index in [2.05, 4.69) is 34.6 Å². The van der Waals surface area contributed by atoms with Crippen LogP contribution in [-0.2, 0) is 5.41 Å². The number of hydrogen-bond donors (Lipinski definition) is 2. The number of aromatic amines is 1. The first-order valence-corrected chi connectivity index (χ1v) is 7.53. The lowest BCUT2D eigenvalue weighted by Gasteiger charge is -2.27. The molecule has 0 bridgehead atoms. The Kier molecular flexibility index (Phi) is 2.90. The van der Waals surface area contributed by atoms with E-state index >= 15 is 0 Å². The molecule has 1 fully saturated rings. The van der Waals surface area contributed by atoms with Crippen LogP contribution in [0.1, 0.15) is 44.7 Å². The van der Waals surface area contributed by atoms with Crippen LogP contribution in [0.5, 0.6) is 0 Å². The number of nitrogens with two attached hydrogens (primary N) is 1. The molecule has 0 saturated heterocycles. The second kappa shape index (κ2) is 4.43. The lowest BCUT2D eigenvalue weighted by Crippen LogP contribution is -2.22. The number of rotatable bonds is 3. The number of nitrogen functional groups attached to an aromatic ring is 1. The van der Waals surface area contributed by atoms with Gasteiger partial charge < -0.3 is 5.73 Å². The number of H-pyrrole nitrogens is 1. The largest absolute Gasteiger partial charge is 0.382 e. The Morgan fingerprint density at radius 2 is 2.22 bits per heavy atom. The van der Waals surface area contributed by atoms with Crippen molar-refractivity contribution in [2.75, 3.05) is 5.73 Å². The van der Waals surface area contributed by atoms with Crippen molar-refractivity contribution in [2.24, 2.45) is 0 Å². The van der Waals surface area contributed by atoms with Gasteiger partial charge in [0.15, 0.2) is 5.82 Å². The van der Waals surface area contributed by atoms with Crippen LogP contribution in [0.2, 0.25) is 0 Å². The van der Waals surface area contributed by atoms with Crippen LogP contribution in [-0.4, -0.2) is 10.2 Å². The predicted molar refractivity (Wildman–Crippen MR) is 76.8 cm³/mol. The number of nitrogens with zero attached hydrogens (tertiary/aromatic N) is 1. The Morgan fingerprint density at radius 3 is 2.83 bits per heavy atom. The van der Waals surface area contributed by atoms with Crippen LogP contribution < -0.4 is 5.73 Å². The van der Waals surface area contributed by atoms with Gasteiger partial charge in [-0.15, -0.1) is 11.3 Å². The summed E-state index contributed by atoms with van der Waals surface area (Å²) in [5.74, 6) is 0.646. The fraction of sp³-hybridized carbons (Fsp3) is 0.500. The van der Waals surface area contributed by atoms with Gasteiger partial charge in [0.1, 0.15) is 0 Å². The van der Waals surface area contributed by atoms with Gasteiger partial charge in [0.25, 0.3) is 0 Å². The first kappa shape index (κ1) is 11.8. The zero-order valence-electron chi connectivity index (χ0n) is 10.7. The van der Waals surface area contributed by atoms with Crippen LogP contribution in [0, 0.1) is 0 Å². The van der Waals surface area contributed by atoms with E-state index in [1.165, 1.54) is 36.3 Å². The van der Waals surface area contributed by atoms with Crippen molar-refractivity contribution in [3.05, 3.63) is 23.2 Å². The Labute approximate surface area is 111 Å². The third-order valence-electron chi connectivity index (χ3n) is 4.33. The molecule has 1 saturated carbocycles. The predicted octanol–water partition coefficient (Wildman–Crippen LogP) is 3.94. The second-order valence-electron chi connectivity index (χ2n) is 5.18. The lowest BCUT2D eigenvalue weighted by atomic mass is 9.78. The molecule has 0 atom stereocenters.